The second-order valence-electron chi connectivity index (χ2n) is 5.70. The highest BCUT2D eigenvalue weighted by molar-refractivity contribution is 5.83. The van der Waals surface area contributed by atoms with Crippen LogP contribution in [0.25, 0.3) is 0 Å². The number of carbonyl (C=O) groups is 1. The summed E-state index contributed by atoms with van der Waals surface area (Å²) in [4.78, 5) is 18.8. The fraction of sp³-hybridized carbons (Fsp3) is 0.333. The summed E-state index contributed by atoms with van der Waals surface area (Å²) in [5.41, 5.74) is 2.26. The Morgan fingerprint density at radius 3 is 2.68 bits per heavy atom. The Kier molecular flexibility index (Phi) is 4.49. The summed E-state index contributed by atoms with van der Waals surface area (Å²) in [5.74, 6) is 0.101. The van der Waals surface area contributed by atoms with Crippen LogP contribution in [0, 0.1) is 0 Å². The normalized spacial score (nSPS) is 19.7. The van der Waals surface area contributed by atoms with E-state index in [1.165, 1.54) is 5.56 Å². The summed E-state index contributed by atoms with van der Waals surface area (Å²) in [7, 11) is 0. The van der Waals surface area contributed by atoms with Crippen LogP contribution < -0.4 is 5.32 Å². The zero-order chi connectivity index (χ0) is 15.4. The quantitative estimate of drug-likeness (QED) is 0.945. The third-order valence-corrected chi connectivity index (χ3v) is 4.27. The van der Waals surface area contributed by atoms with Crippen LogP contribution in [0.2, 0.25) is 0 Å². The highest BCUT2D eigenvalue weighted by atomic mass is 16.2. The van der Waals surface area contributed by atoms with Crippen LogP contribution in [-0.4, -0.2) is 35.4 Å². The van der Waals surface area contributed by atoms with Gasteiger partial charge in [-0.3, -0.25) is 9.78 Å². The monoisotopic (exact) mass is 295 g/mol. The minimum atomic E-state index is -0.0996. The minimum Gasteiger partial charge on any atom is -0.339 e. The van der Waals surface area contributed by atoms with Crippen LogP contribution in [0.4, 0.5) is 0 Å². The van der Waals surface area contributed by atoms with E-state index in [0.29, 0.717) is 6.54 Å². The lowest BCUT2D eigenvalue weighted by Crippen LogP contribution is -2.49. The predicted molar refractivity (Wildman–Crippen MR) is 86.4 cm³/mol. The van der Waals surface area contributed by atoms with Gasteiger partial charge in [-0.2, -0.15) is 0 Å². The molecule has 2 atom stereocenters. The lowest BCUT2D eigenvalue weighted by atomic mass is 9.98. The lowest BCUT2D eigenvalue weighted by molar-refractivity contribution is -0.133. The van der Waals surface area contributed by atoms with Gasteiger partial charge in [-0.25, -0.2) is 0 Å². The minimum absolute atomic E-state index is 0.0996. The smallest absolute Gasteiger partial charge is 0.229 e. The number of hydrogen-bond donors (Lipinski definition) is 1. The van der Waals surface area contributed by atoms with Gasteiger partial charge in [0.2, 0.25) is 5.91 Å². The van der Waals surface area contributed by atoms with E-state index in [9.17, 15) is 4.79 Å². The molecule has 1 saturated heterocycles. The van der Waals surface area contributed by atoms with Crippen molar-refractivity contribution in [2.75, 3.05) is 19.6 Å². The number of hydrogen-bond acceptors (Lipinski definition) is 3. The van der Waals surface area contributed by atoms with Crippen molar-refractivity contribution in [2.24, 2.45) is 0 Å². The number of nitrogens with zero attached hydrogens (tertiary/aromatic N) is 2. The molecule has 1 aliphatic heterocycles. The standard InChI is InChI=1S/C18H21N3O/c1-14(15-5-3-2-4-6-15)18(22)21-12-11-20-17(13-21)16-7-9-19-10-8-16/h2-10,14,17,20H,11-13H2,1H3/t14-,17-/m1/s1. The average molecular weight is 295 g/mol. The van der Waals surface area contributed by atoms with Crippen molar-refractivity contribution in [3.05, 3.63) is 66.0 Å². The number of aromatic nitrogens is 1. The maximum atomic E-state index is 12.8. The molecule has 114 valence electrons. The number of rotatable bonds is 3. The van der Waals surface area contributed by atoms with Gasteiger partial charge in [0.15, 0.2) is 0 Å². The molecule has 1 fully saturated rings. The van der Waals surface area contributed by atoms with Crippen molar-refractivity contribution in [1.82, 2.24) is 15.2 Å². The van der Waals surface area contributed by atoms with Gasteiger partial charge in [-0.15, -0.1) is 0 Å². The molecule has 1 N–H and O–H groups in total. The highest BCUT2D eigenvalue weighted by Crippen LogP contribution is 2.22. The SMILES string of the molecule is C[C@@H](C(=O)N1CCN[C@@H](c2ccncc2)C1)c1ccccc1. The molecule has 0 radical (unpaired) electrons. The highest BCUT2D eigenvalue weighted by Gasteiger charge is 2.27. The van der Waals surface area contributed by atoms with E-state index >= 15 is 0 Å². The van der Waals surface area contributed by atoms with Gasteiger partial charge >= 0.3 is 0 Å². The Morgan fingerprint density at radius 1 is 1.23 bits per heavy atom. The molecule has 4 nitrogen and oxygen atoms in total. The average Bonchev–Trinajstić information content (AvgIpc) is 2.62. The summed E-state index contributed by atoms with van der Waals surface area (Å²) >= 11 is 0. The Labute approximate surface area is 131 Å². The van der Waals surface area contributed by atoms with E-state index in [1.54, 1.807) is 12.4 Å². The van der Waals surface area contributed by atoms with Crippen LogP contribution in [-0.2, 0) is 4.79 Å². The van der Waals surface area contributed by atoms with Crippen LogP contribution in [0.5, 0.6) is 0 Å². The second kappa shape index (κ2) is 6.71. The number of piperazine rings is 1. The van der Waals surface area contributed by atoms with Gasteiger partial charge < -0.3 is 10.2 Å². The largest absolute Gasteiger partial charge is 0.339 e. The molecule has 0 bridgehead atoms. The fourth-order valence-corrected chi connectivity index (χ4v) is 2.93. The number of nitrogens with one attached hydrogen (secondary N) is 1. The van der Waals surface area contributed by atoms with E-state index in [1.807, 2.05) is 54.3 Å². The summed E-state index contributed by atoms with van der Waals surface area (Å²) in [6, 6.07) is 14.2. The molecule has 1 aliphatic rings. The second-order valence-corrected chi connectivity index (χ2v) is 5.70. The molecular weight excluding hydrogens is 274 g/mol. The zero-order valence-electron chi connectivity index (χ0n) is 12.8. The van der Waals surface area contributed by atoms with Crippen molar-refractivity contribution in [3.8, 4) is 0 Å². The molecule has 22 heavy (non-hydrogen) atoms. The van der Waals surface area contributed by atoms with Gasteiger partial charge in [0.25, 0.3) is 0 Å². The van der Waals surface area contributed by atoms with Crippen molar-refractivity contribution in [2.45, 2.75) is 18.9 Å². The van der Waals surface area contributed by atoms with E-state index in [2.05, 4.69) is 10.3 Å². The van der Waals surface area contributed by atoms with Gasteiger partial charge in [0.05, 0.1) is 12.0 Å². The molecule has 1 aromatic carbocycles. The van der Waals surface area contributed by atoms with Crippen LogP contribution in [0.1, 0.15) is 30.0 Å². The summed E-state index contributed by atoms with van der Waals surface area (Å²) < 4.78 is 0. The first-order chi connectivity index (χ1) is 10.8. The van der Waals surface area contributed by atoms with Gasteiger partial charge in [-0.1, -0.05) is 30.3 Å². The molecule has 0 spiro atoms. The van der Waals surface area contributed by atoms with E-state index in [-0.39, 0.29) is 17.9 Å². The zero-order valence-corrected chi connectivity index (χ0v) is 12.8. The summed E-state index contributed by atoms with van der Waals surface area (Å²) in [6.07, 6.45) is 3.59. The van der Waals surface area contributed by atoms with Crippen molar-refractivity contribution >= 4 is 5.91 Å². The Hall–Kier alpha value is -2.20. The molecule has 0 saturated carbocycles. The topological polar surface area (TPSA) is 45.2 Å². The molecule has 0 aliphatic carbocycles. The summed E-state index contributed by atoms with van der Waals surface area (Å²) in [5, 5.41) is 3.48. The molecule has 1 aromatic heterocycles. The van der Waals surface area contributed by atoms with Gasteiger partial charge in [0, 0.05) is 32.0 Å². The van der Waals surface area contributed by atoms with Gasteiger partial charge in [-0.05, 0) is 30.2 Å². The first kappa shape index (κ1) is 14.7. The maximum absolute atomic E-state index is 12.8. The van der Waals surface area contributed by atoms with Crippen LogP contribution in [0.15, 0.2) is 54.9 Å². The summed E-state index contributed by atoms with van der Waals surface area (Å²) in [6.45, 7) is 4.28. The molecule has 3 rings (SSSR count). The predicted octanol–water partition coefficient (Wildman–Crippen LogP) is 2.36. The lowest BCUT2D eigenvalue weighted by Gasteiger charge is -2.35. The van der Waals surface area contributed by atoms with Gasteiger partial charge in [0.1, 0.15) is 0 Å². The van der Waals surface area contributed by atoms with E-state index in [4.69, 9.17) is 0 Å². The molecule has 2 aromatic rings. The third-order valence-electron chi connectivity index (χ3n) is 4.27. The number of carbonyl (C=O) groups excluding carboxylic acids is 1. The Morgan fingerprint density at radius 2 is 1.95 bits per heavy atom. The van der Waals surface area contributed by atoms with E-state index in [0.717, 1.165) is 18.7 Å². The fourth-order valence-electron chi connectivity index (χ4n) is 2.93. The van der Waals surface area contributed by atoms with Crippen molar-refractivity contribution < 1.29 is 4.79 Å². The number of amides is 1. The first-order valence-corrected chi connectivity index (χ1v) is 7.73. The van der Waals surface area contributed by atoms with Crippen LogP contribution in [0.3, 0.4) is 0 Å². The third kappa shape index (κ3) is 3.17. The first-order valence-electron chi connectivity index (χ1n) is 7.73. The molecular formula is C18H21N3O. The van der Waals surface area contributed by atoms with Crippen molar-refractivity contribution in [3.63, 3.8) is 0 Å². The number of pyridine rings is 1. The Balaban J connectivity index is 1.70. The maximum Gasteiger partial charge on any atom is 0.229 e. The van der Waals surface area contributed by atoms with Crippen LogP contribution >= 0.6 is 0 Å². The Bertz CT molecular complexity index is 615. The molecule has 2 heterocycles. The van der Waals surface area contributed by atoms with Crippen molar-refractivity contribution in [1.29, 1.82) is 0 Å². The number of benzene rings is 1. The van der Waals surface area contributed by atoms with E-state index < -0.39 is 0 Å². The molecule has 4 heteroatoms. The molecule has 1 amide bonds. The molecule has 0 unspecified atom stereocenters.